The lowest BCUT2D eigenvalue weighted by Gasteiger charge is -2.23. The van der Waals surface area contributed by atoms with Gasteiger partial charge in [-0.1, -0.05) is 126 Å². The Morgan fingerprint density at radius 3 is 1.09 bits per heavy atom. The van der Waals surface area contributed by atoms with Crippen LogP contribution >= 0.6 is 63.7 Å². The molecule has 6 N–H and O–H groups in total. The molecule has 3 amide bonds. The Kier molecular flexibility index (Phi) is 39.0. The van der Waals surface area contributed by atoms with E-state index in [2.05, 4.69) is 89.7 Å². The summed E-state index contributed by atoms with van der Waals surface area (Å²) < 4.78 is 97.2. The first-order chi connectivity index (χ1) is 46.3. The van der Waals surface area contributed by atoms with E-state index in [0.29, 0.717) is 59.4 Å². The number of aliphatic hydroxyl groups is 1. The monoisotopic (exact) mass is 1670 g/mol. The number of Topliss-reactive ketones (excluding diaryl/α,β-unsaturated/α-hetero) is 2. The molecule has 6 aromatic carbocycles. The molecule has 0 radical (unpaired) electrons. The zero-order valence-electron chi connectivity index (χ0n) is 60.7. The highest BCUT2D eigenvalue weighted by Crippen LogP contribution is 2.32. The quantitative estimate of drug-likeness (QED) is 0.0117. The Labute approximate surface area is 625 Å². The Morgan fingerprint density at radius 2 is 0.772 bits per heavy atom. The van der Waals surface area contributed by atoms with Gasteiger partial charge < -0.3 is 41.0 Å². The maximum absolute atomic E-state index is 14.2. The van der Waals surface area contributed by atoms with Gasteiger partial charge in [0.15, 0.2) is 11.6 Å². The first-order valence-electron chi connectivity index (χ1n) is 31.9. The predicted octanol–water partition coefficient (Wildman–Crippen LogP) is 22.2. The summed E-state index contributed by atoms with van der Waals surface area (Å²) in [5.41, 5.74) is 16.0. The van der Waals surface area contributed by atoms with Crippen molar-refractivity contribution in [2.24, 2.45) is 27.1 Å². The van der Waals surface area contributed by atoms with E-state index in [1.165, 1.54) is 48.5 Å². The summed E-state index contributed by atoms with van der Waals surface area (Å²) in [5, 5.41) is 21.8. The summed E-state index contributed by atoms with van der Waals surface area (Å²) in [5.74, 6) is -2.80. The number of alkyl carbamates (subject to hydrolysis) is 3. The number of azide groups is 1. The zero-order chi connectivity index (χ0) is 77.6. The topological polar surface area (TPSA) is 244 Å². The third-order valence-corrected chi connectivity index (χ3v) is 15.0. The Balaban J connectivity index is 0.000000619. The number of nitrogens with one attached hydrogen (secondary N) is 3. The van der Waals surface area contributed by atoms with Gasteiger partial charge in [-0.2, -0.15) is 0 Å². The number of ether oxygens (including phenoxy) is 3. The van der Waals surface area contributed by atoms with Gasteiger partial charge in [0.1, 0.15) is 51.7 Å². The number of hydrogen-bond acceptors (Lipinski definition) is 11. The maximum atomic E-state index is 14.2. The predicted molar refractivity (Wildman–Crippen MR) is 400 cm³/mol. The number of hydrogen-bond donors (Lipinski definition) is 5. The highest BCUT2D eigenvalue weighted by molar-refractivity contribution is 9.11. The number of amides is 3. The molecule has 556 valence electrons. The molecule has 1 unspecified atom stereocenters. The number of halogens is 10. The van der Waals surface area contributed by atoms with Crippen LogP contribution in [0.3, 0.4) is 0 Å². The van der Waals surface area contributed by atoms with Crippen LogP contribution in [0.15, 0.2) is 128 Å². The second-order valence-corrected chi connectivity index (χ2v) is 32.7. The van der Waals surface area contributed by atoms with E-state index < -0.39 is 58.6 Å². The largest absolute Gasteiger partial charge is 0.444 e. The van der Waals surface area contributed by atoms with Crippen LogP contribution in [0.1, 0.15) is 210 Å². The van der Waals surface area contributed by atoms with Gasteiger partial charge in [0, 0.05) is 54.8 Å². The van der Waals surface area contributed by atoms with Crippen LogP contribution in [-0.4, -0.2) is 51.8 Å². The minimum absolute atomic E-state index is 0.0842. The van der Waals surface area contributed by atoms with E-state index in [-0.39, 0.29) is 101 Å². The van der Waals surface area contributed by atoms with E-state index in [1.54, 1.807) is 117 Å². The van der Waals surface area contributed by atoms with Gasteiger partial charge in [0.2, 0.25) is 0 Å². The van der Waals surface area contributed by atoms with Crippen LogP contribution in [0.25, 0.3) is 10.4 Å². The second kappa shape index (κ2) is 42.7. The number of benzene rings is 6. The van der Waals surface area contributed by atoms with Crippen LogP contribution in [-0.2, 0) is 52.3 Å². The average molecular weight is 1670 g/mol. The molecule has 6 rings (SSSR count). The van der Waals surface area contributed by atoms with Crippen molar-refractivity contribution in [3.8, 4) is 0 Å². The molecule has 0 aromatic heterocycles. The van der Waals surface area contributed by atoms with Gasteiger partial charge in [-0.25, -0.2) is 40.7 Å². The Morgan fingerprint density at radius 1 is 0.465 bits per heavy atom. The fourth-order valence-electron chi connectivity index (χ4n) is 8.09. The van der Waals surface area contributed by atoms with E-state index in [0.717, 1.165) is 5.56 Å². The molecular formula is C75H97Br4F6N7O9. The molecule has 0 aliphatic carbocycles. The third-order valence-electron chi connectivity index (χ3n) is 12.4. The highest BCUT2D eigenvalue weighted by atomic mass is 79.9. The summed E-state index contributed by atoms with van der Waals surface area (Å²) >= 11 is 12.4. The number of nitrogens with two attached hydrogens (primary N) is 1. The van der Waals surface area contributed by atoms with Crippen molar-refractivity contribution in [3.05, 3.63) is 218 Å². The van der Waals surface area contributed by atoms with E-state index >= 15 is 0 Å². The molecule has 0 saturated heterocycles. The van der Waals surface area contributed by atoms with Crippen molar-refractivity contribution < 1.29 is 69.6 Å². The fraction of sp³-hybridized carbons (Fsp3) is 0.453. The molecule has 0 bridgehead atoms. The van der Waals surface area contributed by atoms with Crippen molar-refractivity contribution in [1.82, 2.24) is 16.0 Å². The number of ketones is 2. The second-order valence-electron chi connectivity index (χ2n) is 29.6. The van der Waals surface area contributed by atoms with Crippen LogP contribution in [0.4, 0.5) is 40.7 Å². The first kappa shape index (κ1) is 92.2. The molecule has 6 aromatic rings. The molecule has 0 saturated carbocycles. The normalized spacial score (nSPS) is 11.6. The number of aliphatic hydroxyl groups excluding tert-OH is 1. The van der Waals surface area contributed by atoms with Crippen LogP contribution in [0.5, 0.6) is 0 Å². The molecule has 0 heterocycles. The van der Waals surface area contributed by atoms with Crippen molar-refractivity contribution in [2.45, 2.75) is 205 Å². The van der Waals surface area contributed by atoms with E-state index in [1.807, 2.05) is 68.4 Å². The molecule has 0 aliphatic heterocycles. The number of carbonyl (C=O) groups excluding carboxylic acids is 5. The third kappa shape index (κ3) is 41.8. The van der Waals surface area contributed by atoms with Crippen LogP contribution in [0, 0.1) is 51.1 Å². The molecule has 101 heavy (non-hydrogen) atoms. The lowest BCUT2D eigenvalue weighted by atomic mass is 9.86. The number of alkyl halides is 1. The average Bonchev–Trinajstić information content (AvgIpc) is 0.854. The fourth-order valence-corrected chi connectivity index (χ4v) is 9.18. The summed E-state index contributed by atoms with van der Waals surface area (Å²) in [6.45, 7) is 34.6. The molecule has 0 spiro atoms. The molecule has 16 nitrogen and oxygen atoms in total. The van der Waals surface area contributed by atoms with Crippen molar-refractivity contribution >= 4 is 93.6 Å². The maximum Gasteiger partial charge on any atom is 0.407 e. The lowest BCUT2D eigenvalue weighted by molar-refractivity contribution is 0.0512. The molecule has 1 atom stereocenters. The first-order valence-corrected chi connectivity index (χ1v) is 35.4. The van der Waals surface area contributed by atoms with Gasteiger partial charge in [-0.3, -0.25) is 9.59 Å². The van der Waals surface area contributed by atoms with Crippen molar-refractivity contribution in [2.75, 3.05) is 0 Å². The van der Waals surface area contributed by atoms with Crippen molar-refractivity contribution in [1.29, 1.82) is 0 Å². The Bertz CT molecular complexity index is 3740. The molecule has 26 heteroatoms. The van der Waals surface area contributed by atoms with Gasteiger partial charge in [0.05, 0.1) is 37.2 Å². The van der Waals surface area contributed by atoms with Gasteiger partial charge in [-0.05, 0) is 238 Å². The highest BCUT2D eigenvalue weighted by Gasteiger charge is 2.25. The smallest absolute Gasteiger partial charge is 0.407 e. The van der Waals surface area contributed by atoms with Crippen LogP contribution in [0.2, 0.25) is 0 Å². The summed E-state index contributed by atoms with van der Waals surface area (Å²) in [6, 6.07) is 27.9. The van der Waals surface area contributed by atoms with Crippen LogP contribution < -0.4 is 21.7 Å². The molecule has 0 aliphatic rings. The minimum atomic E-state index is -0.845. The minimum Gasteiger partial charge on any atom is -0.444 e. The number of rotatable bonds is 16. The summed E-state index contributed by atoms with van der Waals surface area (Å²) in [6.07, 6.45) is -1.38. The SMILES string of the molecule is CC(C)(C)CC(=O)c1ccc(CN)cc1F.CC(C)(C)CC(=O)c1ccc(CNC(=O)OC(C)(C)C)cc1F.CC(C)(C)CC(O)c1ccc(CNC(=O)OC(C)(C)C)cc1F.CC(C)(C)OC(=O)NCc1ccc(Br)c(F)c1.Fc1cc(CBr)ccc1Br.[N-]=[N+]=NCc1ccc(Br)c(F)c1. The lowest BCUT2D eigenvalue weighted by Crippen LogP contribution is -2.32. The molecular weight excluding hydrogens is 1580 g/mol. The standard InChI is InChI=1S/C18H28FNO3.C18H26FNO3.C13H18FNO.C12H15BrFNO2.C7H5Br2F.C7H5BrFN3/c2*1-17(2,3)10-15(21)13-8-7-12(9-14(13)19)11-20-16(22)23-18(4,5)6;1-13(2,3)7-12(16)10-5-4-9(8-15)6-11(10)14;1-12(2,3)17-11(16)15-7-8-4-5-9(13)10(14)6-8;8-4-5-1-2-6(9)7(10)3-5;8-6-2-1-5(3-7(6)9)4-11-12-10/h7-9,15,21H,10-11H2,1-6H3,(H,20,22);7-9H,10-11H2,1-6H3,(H,20,22);4-6H,7-8,15H2,1-3H3;4-6H,7H2,1-3H3,(H,15,16);1-3H,4H2;1-3H,4H2. The summed E-state index contributed by atoms with van der Waals surface area (Å²) in [4.78, 5) is 61.0. The van der Waals surface area contributed by atoms with E-state index in [9.17, 15) is 55.4 Å². The summed E-state index contributed by atoms with van der Waals surface area (Å²) in [7, 11) is 0. The van der Waals surface area contributed by atoms with Crippen molar-refractivity contribution in [3.63, 3.8) is 0 Å². The zero-order valence-corrected chi connectivity index (χ0v) is 67.1. The van der Waals surface area contributed by atoms with E-state index in [4.69, 9.17) is 25.5 Å². The van der Waals surface area contributed by atoms with Gasteiger partial charge >= 0.3 is 18.3 Å². The van der Waals surface area contributed by atoms with Gasteiger partial charge in [0.25, 0.3) is 0 Å². The number of nitrogens with zero attached hydrogens (tertiary/aromatic N) is 3. The van der Waals surface area contributed by atoms with Gasteiger partial charge in [-0.15, -0.1) is 0 Å². The Hall–Kier alpha value is -6.80. The number of carbonyl (C=O) groups is 5. The molecule has 0 fully saturated rings.